The first-order valence-electron chi connectivity index (χ1n) is 3.24. The zero-order valence-electron chi connectivity index (χ0n) is 5.90. The summed E-state index contributed by atoms with van der Waals surface area (Å²) < 4.78 is 0. The van der Waals surface area contributed by atoms with Crippen LogP contribution < -0.4 is 0 Å². The fraction of sp³-hybridized carbons (Fsp3) is 0.125. The van der Waals surface area contributed by atoms with Gasteiger partial charge >= 0.3 is 0 Å². The van der Waals surface area contributed by atoms with Gasteiger partial charge in [0.25, 0.3) is 0 Å². The summed E-state index contributed by atoms with van der Waals surface area (Å²) in [6.45, 7) is 0. The summed E-state index contributed by atoms with van der Waals surface area (Å²) in [7, 11) is 4.88. The monoisotopic (exact) mass is 146 g/mol. The maximum absolute atomic E-state index is 10.5. The minimum atomic E-state index is -1.18. The molecule has 0 amide bonds. The van der Waals surface area contributed by atoms with Gasteiger partial charge in [0, 0.05) is 0 Å². The van der Waals surface area contributed by atoms with Crippen LogP contribution in [0.15, 0.2) is 30.3 Å². The minimum Gasteiger partial charge on any atom is -0.382 e. The van der Waals surface area contributed by atoms with Crippen molar-refractivity contribution in [2.75, 3.05) is 0 Å². The van der Waals surface area contributed by atoms with Crippen molar-refractivity contribution in [1.29, 1.82) is 0 Å². The molecule has 54 valence electrons. The van der Waals surface area contributed by atoms with Crippen LogP contribution in [0.2, 0.25) is 0 Å². The van der Waals surface area contributed by atoms with Gasteiger partial charge in [0.2, 0.25) is 0 Å². The first-order chi connectivity index (χ1) is 5.22. The molecular formula is C8H7BO2. The molecule has 1 rings (SSSR count). The van der Waals surface area contributed by atoms with Crippen molar-refractivity contribution >= 4 is 13.5 Å². The van der Waals surface area contributed by atoms with Crippen LogP contribution in [-0.4, -0.2) is 18.6 Å². The zero-order valence-corrected chi connectivity index (χ0v) is 5.90. The molecule has 0 spiro atoms. The first-order valence-corrected chi connectivity index (χ1v) is 3.24. The number of carbonyl (C=O) groups is 1. The lowest BCUT2D eigenvalue weighted by Gasteiger charge is -2.05. The number of hydrogen-bond acceptors (Lipinski definition) is 2. The van der Waals surface area contributed by atoms with E-state index in [4.69, 9.17) is 13.0 Å². The quantitative estimate of drug-likeness (QED) is 0.613. The Morgan fingerprint density at radius 3 is 2.36 bits per heavy atom. The van der Waals surface area contributed by atoms with Crippen molar-refractivity contribution in [1.82, 2.24) is 0 Å². The van der Waals surface area contributed by atoms with Crippen LogP contribution in [0.3, 0.4) is 0 Å². The van der Waals surface area contributed by atoms with Crippen LogP contribution >= 0.6 is 0 Å². The zero-order chi connectivity index (χ0) is 8.27. The number of aliphatic hydroxyl groups excluding tert-OH is 1. The molecule has 0 aliphatic carbocycles. The van der Waals surface area contributed by atoms with Gasteiger partial charge in [-0.3, -0.25) is 0 Å². The van der Waals surface area contributed by atoms with Crippen LogP contribution in [-0.2, 0) is 4.79 Å². The average Bonchev–Trinajstić information content (AvgIpc) is 2.05. The summed E-state index contributed by atoms with van der Waals surface area (Å²) in [5.41, 5.74) is -0.198. The molecule has 3 heteroatoms. The highest BCUT2D eigenvalue weighted by atomic mass is 16.3. The fourth-order valence-electron chi connectivity index (χ4n) is 0.800. The number of benzene rings is 1. The third-order valence-corrected chi connectivity index (χ3v) is 1.38. The molecule has 0 aromatic heterocycles. The van der Waals surface area contributed by atoms with Gasteiger partial charge in [-0.25, -0.2) is 0 Å². The summed E-state index contributed by atoms with van der Waals surface area (Å²) in [5.74, 6) is 0. The number of rotatable bonds is 2. The van der Waals surface area contributed by atoms with Gasteiger partial charge in [-0.1, -0.05) is 30.3 Å². The van der Waals surface area contributed by atoms with E-state index in [2.05, 4.69) is 0 Å². The Bertz CT molecular complexity index is 246. The molecule has 0 heterocycles. The third kappa shape index (κ3) is 1.92. The molecule has 1 atom stereocenters. The molecule has 0 aliphatic rings. The third-order valence-electron chi connectivity index (χ3n) is 1.38. The molecule has 1 aromatic rings. The summed E-state index contributed by atoms with van der Waals surface area (Å²) in [4.78, 5) is 10.5. The number of hydrogen-bond donors (Lipinski definition) is 1. The highest BCUT2D eigenvalue weighted by Crippen LogP contribution is 2.10. The molecule has 0 bridgehead atoms. The summed E-state index contributed by atoms with van der Waals surface area (Å²) in [6.07, 6.45) is -1.18. The van der Waals surface area contributed by atoms with Crippen LogP contribution in [0.5, 0.6) is 0 Å². The molecule has 2 radical (unpaired) electrons. The Hall–Kier alpha value is -1.09. The average molecular weight is 146 g/mol. The van der Waals surface area contributed by atoms with Gasteiger partial charge in [-0.2, -0.15) is 0 Å². The highest BCUT2D eigenvalue weighted by molar-refractivity contribution is 6.58. The second-order valence-electron chi connectivity index (χ2n) is 2.22. The molecule has 11 heavy (non-hydrogen) atoms. The molecule has 1 aromatic carbocycles. The van der Waals surface area contributed by atoms with Crippen molar-refractivity contribution in [3.63, 3.8) is 0 Å². The Morgan fingerprint density at radius 1 is 1.36 bits per heavy atom. The second-order valence-corrected chi connectivity index (χ2v) is 2.22. The van der Waals surface area contributed by atoms with Gasteiger partial charge in [-0.05, 0) is 5.56 Å². The van der Waals surface area contributed by atoms with E-state index in [9.17, 15) is 4.79 Å². The van der Waals surface area contributed by atoms with Gasteiger partial charge in [0.1, 0.15) is 11.8 Å². The lowest BCUT2D eigenvalue weighted by Crippen LogP contribution is -2.10. The molecular weight excluding hydrogens is 139 g/mol. The molecule has 0 fully saturated rings. The maximum atomic E-state index is 10.5. The molecule has 0 saturated heterocycles. The Kier molecular flexibility index (Phi) is 2.44. The van der Waals surface area contributed by atoms with Crippen molar-refractivity contribution in [2.24, 2.45) is 0 Å². The van der Waals surface area contributed by atoms with Crippen LogP contribution in [0, 0.1) is 0 Å². The lowest BCUT2D eigenvalue weighted by atomic mass is 9.92. The van der Waals surface area contributed by atoms with Gasteiger partial charge < -0.3 is 9.90 Å². The maximum Gasteiger partial charge on any atom is 0.172 e. The Morgan fingerprint density at radius 2 is 1.91 bits per heavy atom. The van der Waals surface area contributed by atoms with Crippen molar-refractivity contribution < 1.29 is 9.90 Å². The largest absolute Gasteiger partial charge is 0.382 e. The van der Waals surface area contributed by atoms with Gasteiger partial charge in [0.15, 0.2) is 7.85 Å². The van der Waals surface area contributed by atoms with E-state index in [0.717, 1.165) is 0 Å². The van der Waals surface area contributed by atoms with Gasteiger partial charge in [-0.15, -0.1) is 0 Å². The molecule has 1 N–H and O–H groups in total. The Labute approximate surface area is 66.3 Å². The molecule has 0 aliphatic heterocycles. The van der Waals surface area contributed by atoms with E-state index in [-0.39, 0.29) is 0 Å². The minimum absolute atomic E-state index is 0.528. The predicted molar refractivity (Wildman–Crippen MR) is 42.2 cm³/mol. The first kappa shape index (κ1) is 8.02. The van der Waals surface area contributed by atoms with Crippen LogP contribution in [0.1, 0.15) is 11.7 Å². The SMILES string of the molecule is [B]C(=O)[C@@H](O)c1ccccc1. The van der Waals surface area contributed by atoms with E-state index in [1.54, 1.807) is 30.3 Å². The summed E-state index contributed by atoms with van der Waals surface area (Å²) >= 11 is 0. The smallest absolute Gasteiger partial charge is 0.172 e. The Balaban J connectivity index is 2.85. The normalized spacial score (nSPS) is 12.5. The van der Waals surface area contributed by atoms with E-state index >= 15 is 0 Å². The summed E-state index contributed by atoms with van der Waals surface area (Å²) in [5, 5.41) is 9.12. The van der Waals surface area contributed by atoms with Crippen molar-refractivity contribution in [3.8, 4) is 0 Å². The van der Waals surface area contributed by atoms with E-state index in [1.807, 2.05) is 0 Å². The van der Waals surface area contributed by atoms with Gasteiger partial charge in [0.05, 0.1) is 0 Å². The number of aliphatic hydroxyl groups is 1. The topological polar surface area (TPSA) is 37.3 Å². The lowest BCUT2D eigenvalue weighted by molar-refractivity contribution is -0.119. The summed E-state index contributed by atoms with van der Waals surface area (Å²) in [6, 6.07) is 8.57. The van der Waals surface area contributed by atoms with Crippen LogP contribution in [0.4, 0.5) is 0 Å². The molecule has 2 nitrogen and oxygen atoms in total. The fourth-order valence-corrected chi connectivity index (χ4v) is 0.800. The van der Waals surface area contributed by atoms with Crippen LogP contribution in [0.25, 0.3) is 0 Å². The number of carbonyl (C=O) groups excluding carboxylic acids is 1. The van der Waals surface area contributed by atoms with E-state index in [0.29, 0.717) is 5.56 Å². The predicted octanol–water partition coefficient (Wildman–Crippen LogP) is 0.415. The standard InChI is InChI=1S/C8H7BO2/c9-8(11)7(10)6-4-2-1-3-5-6/h1-5,7,10H/t7-/m0/s1. The highest BCUT2D eigenvalue weighted by Gasteiger charge is 2.09. The van der Waals surface area contributed by atoms with E-state index < -0.39 is 11.8 Å². The van der Waals surface area contributed by atoms with Crippen molar-refractivity contribution in [2.45, 2.75) is 6.10 Å². The molecule has 0 saturated carbocycles. The van der Waals surface area contributed by atoms with Crippen molar-refractivity contribution in [3.05, 3.63) is 35.9 Å². The van der Waals surface area contributed by atoms with E-state index in [1.165, 1.54) is 0 Å². The molecule has 0 unspecified atom stereocenters. The second kappa shape index (κ2) is 3.35.